The molecule has 0 aromatic rings. The van der Waals surface area contributed by atoms with Gasteiger partial charge in [-0.2, -0.15) is 0 Å². The van der Waals surface area contributed by atoms with Crippen molar-refractivity contribution in [3.05, 3.63) is 0 Å². The molecule has 17 heavy (non-hydrogen) atoms. The van der Waals surface area contributed by atoms with Gasteiger partial charge in [0.15, 0.2) is 0 Å². The number of rotatable bonds is 4. The average Bonchev–Trinajstić information content (AvgIpc) is 2.26. The van der Waals surface area contributed by atoms with Gasteiger partial charge in [-0.15, -0.1) is 0 Å². The molecule has 2 aliphatic rings. The molecular weight excluding hydrogens is 208 g/mol. The lowest BCUT2D eigenvalue weighted by atomic mass is 9.72. The third-order valence-electron chi connectivity index (χ3n) is 5.35. The summed E-state index contributed by atoms with van der Waals surface area (Å²) in [5.41, 5.74) is 0. The van der Waals surface area contributed by atoms with Crippen LogP contribution in [0.25, 0.3) is 0 Å². The van der Waals surface area contributed by atoms with E-state index >= 15 is 0 Å². The highest BCUT2D eigenvalue weighted by molar-refractivity contribution is 4.91. The molecule has 0 bridgehead atoms. The zero-order chi connectivity index (χ0) is 12.4. The molecule has 0 heterocycles. The first-order valence-corrected chi connectivity index (χ1v) is 7.51. The van der Waals surface area contributed by atoms with Crippen LogP contribution in [-0.2, 0) is 0 Å². The van der Waals surface area contributed by atoms with Crippen LogP contribution in [0.2, 0.25) is 0 Å². The minimum absolute atomic E-state index is 0.782. The first kappa shape index (κ1) is 13.4. The molecule has 0 radical (unpaired) electrons. The number of hydrogen-bond acceptors (Lipinski definition) is 2. The zero-order valence-electron chi connectivity index (χ0n) is 12.1. The third kappa shape index (κ3) is 3.03. The Kier molecular flexibility index (Phi) is 4.48. The lowest BCUT2D eigenvalue weighted by Gasteiger charge is -2.47. The molecule has 100 valence electrons. The molecule has 1 N–H and O–H groups in total. The highest BCUT2D eigenvalue weighted by atomic mass is 15.2. The molecule has 0 amide bonds. The first-order chi connectivity index (χ1) is 8.11. The molecule has 2 aliphatic carbocycles. The predicted octanol–water partition coefficient (Wildman–Crippen LogP) is 2.88. The maximum absolute atomic E-state index is 3.42. The van der Waals surface area contributed by atoms with E-state index in [2.05, 4.69) is 38.2 Å². The van der Waals surface area contributed by atoms with Crippen molar-refractivity contribution in [2.75, 3.05) is 14.1 Å². The maximum atomic E-state index is 3.42. The second-order valence-corrected chi connectivity index (χ2v) is 6.59. The van der Waals surface area contributed by atoms with Gasteiger partial charge in [-0.3, -0.25) is 0 Å². The number of hydrogen-bond donors (Lipinski definition) is 1. The Bertz CT molecular complexity index is 225. The van der Waals surface area contributed by atoms with Gasteiger partial charge in [0.25, 0.3) is 0 Å². The lowest BCUT2D eigenvalue weighted by Crippen LogP contribution is -2.50. The molecule has 0 spiro atoms. The monoisotopic (exact) mass is 238 g/mol. The van der Waals surface area contributed by atoms with E-state index in [4.69, 9.17) is 0 Å². The molecule has 2 rings (SSSR count). The fraction of sp³-hybridized carbons (Fsp3) is 1.00. The summed E-state index contributed by atoms with van der Waals surface area (Å²) in [6.45, 7) is 4.75. The molecule has 2 saturated carbocycles. The van der Waals surface area contributed by atoms with Crippen molar-refractivity contribution in [2.45, 2.75) is 70.5 Å². The van der Waals surface area contributed by atoms with Gasteiger partial charge in [-0.25, -0.2) is 0 Å². The van der Waals surface area contributed by atoms with Gasteiger partial charge in [0.1, 0.15) is 0 Å². The Morgan fingerprint density at radius 2 is 1.59 bits per heavy atom. The van der Waals surface area contributed by atoms with Crippen LogP contribution in [0.5, 0.6) is 0 Å². The summed E-state index contributed by atoms with van der Waals surface area (Å²) in [7, 11) is 4.47. The summed E-state index contributed by atoms with van der Waals surface area (Å²) in [4.78, 5) is 2.70. The van der Waals surface area contributed by atoms with Crippen molar-refractivity contribution in [3.63, 3.8) is 0 Å². The molecule has 0 aromatic heterocycles. The highest BCUT2D eigenvalue weighted by Gasteiger charge is 2.36. The molecule has 2 nitrogen and oxygen atoms in total. The quantitative estimate of drug-likeness (QED) is 0.810. The van der Waals surface area contributed by atoms with Crippen molar-refractivity contribution < 1.29 is 0 Å². The lowest BCUT2D eigenvalue weighted by molar-refractivity contribution is 0.0303. The van der Waals surface area contributed by atoms with E-state index in [1.54, 1.807) is 0 Å². The molecule has 2 heteroatoms. The molecular formula is C15H30N2. The summed E-state index contributed by atoms with van der Waals surface area (Å²) in [5.74, 6) is 1.88. The number of nitrogens with zero attached hydrogens (tertiary/aromatic N) is 1. The van der Waals surface area contributed by atoms with Crippen molar-refractivity contribution in [1.82, 2.24) is 10.2 Å². The van der Waals surface area contributed by atoms with Crippen molar-refractivity contribution >= 4 is 0 Å². The molecule has 0 atom stereocenters. The van der Waals surface area contributed by atoms with E-state index in [1.165, 1.54) is 38.5 Å². The van der Waals surface area contributed by atoms with Crippen LogP contribution in [0, 0.1) is 11.8 Å². The van der Waals surface area contributed by atoms with E-state index in [0.29, 0.717) is 0 Å². The topological polar surface area (TPSA) is 15.3 Å². The van der Waals surface area contributed by atoms with Crippen LogP contribution in [0.1, 0.15) is 52.4 Å². The van der Waals surface area contributed by atoms with Gasteiger partial charge in [-0.1, -0.05) is 13.8 Å². The minimum Gasteiger partial charge on any atom is -0.317 e. The van der Waals surface area contributed by atoms with Crippen LogP contribution in [-0.4, -0.2) is 37.1 Å². The van der Waals surface area contributed by atoms with Gasteiger partial charge in [0.2, 0.25) is 0 Å². The first-order valence-electron chi connectivity index (χ1n) is 7.51. The molecule has 0 aliphatic heterocycles. The van der Waals surface area contributed by atoms with Crippen LogP contribution >= 0.6 is 0 Å². The Hall–Kier alpha value is -0.0800. The van der Waals surface area contributed by atoms with Crippen molar-refractivity contribution in [2.24, 2.45) is 11.8 Å². The second-order valence-electron chi connectivity index (χ2n) is 6.59. The fourth-order valence-electron chi connectivity index (χ4n) is 3.58. The standard InChI is InChI=1S/C15H30N2/c1-11(2)12-9-15(10-12)17(4)14-7-5-13(16-3)6-8-14/h11-16H,5-10H2,1-4H3. The van der Waals surface area contributed by atoms with Crippen LogP contribution in [0.3, 0.4) is 0 Å². The largest absolute Gasteiger partial charge is 0.317 e. The maximum Gasteiger partial charge on any atom is 0.0101 e. The van der Waals surface area contributed by atoms with E-state index < -0.39 is 0 Å². The van der Waals surface area contributed by atoms with Crippen LogP contribution in [0.4, 0.5) is 0 Å². The van der Waals surface area contributed by atoms with E-state index in [1.807, 2.05) is 0 Å². The average molecular weight is 238 g/mol. The van der Waals surface area contributed by atoms with Crippen LogP contribution in [0.15, 0.2) is 0 Å². The van der Waals surface area contributed by atoms with Crippen LogP contribution < -0.4 is 5.32 Å². The Morgan fingerprint density at radius 3 is 2.06 bits per heavy atom. The second kappa shape index (κ2) is 5.71. The SMILES string of the molecule is CNC1CCC(N(C)C2CC(C(C)C)C2)CC1. The fourth-order valence-corrected chi connectivity index (χ4v) is 3.58. The molecule has 0 aromatic carbocycles. The van der Waals surface area contributed by atoms with Crippen molar-refractivity contribution in [3.8, 4) is 0 Å². The van der Waals surface area contributed by atoms with Gasteiger partial charge in [0.05, 0.1) is 0 Å². The van der Waals surface area contributed by atoms with Crippen molar-refractivity contribution in [1.29, 1.82) is 0 Å². The molecule has 0 unspecified atom stereocenters. The number of nitrogens with one attached hydrogen (secondary N) is 1. The third-order valence-corrected chi connectivity index (χ3v) is 5.35. The smallest absolute Gasteiger partial charge is 0.0101 e. The predicted molar refractivity (Wildman–Crippen MR) is 74.2 cm³/mol. The highest BCUT2D eigenvalue weighted by Crippen LogP contribution is 2.38. The summed E-state index contributed by atoms with van der Waals surface area (Å²) in [5, 5.41) is 3.42. The summed E-state index contributed by atoms with van der Waals surface area (Å²) >= 11 is 0. The summed E-state index contributed by atoms with van der Waals surface area (Å²) < 4.78 is 0. The molecule has 0 saturated heterocycles. The van der Waals surface area contributed by atoms with Gasteiger partial charge < -0.3 is 10.2 Å². The zero-order valence-corrected chi connectivity index (χ0v) is 12.1. The summed E-state index contributed by atoms with van der Waals surface area (Å²) in [6.07, 6.45) is 8.41. The van der Waals surface area contributed by atoms with Gasteiger partial charge in [-0.05, 0) is 64.5 Å². The normalized spacial score (nSPS) is 38.5. The Balaban J connectivity index is 1.73. The Morgan fingerprint density at radius 1 is 1.00 bits per heavy atom. The van der Waals surface area contributed by atoms with E-state index in [-0.39, 0.29) is 0 Å². The Labute approximate surface area is 107 Å². The van der Waals surface area contributed by atoms with Gasteiger partial charge >= 0.3 is 0 Å². The molecule has 2 fully saturated rings. The summed E-state index contributed by atoms with van der Waals surface area (Å²) in [6, 6.07) is 2.53. The van der Waals surface area contributed by atoms with Gasteiger partial charge in [0, 0.05) is 18.1 Å². The van der Waals surface area contributed by atoms with E-state index in [9.17, 15) is 0 Å². The minimum atomic E-state index is 0.782. The van der Waals surface area contributed by atoms with E-state index in [0.717, 1.165) is 30.0 Å².